The zero-order chi connectivity index (χ0) is 14.7. The number of β-amino-alcohol motifs (C(OH)–C–C–N with tert-alkyl or cyclic N) is 1. The Kier molecular flexibility index (Phi) is 4.53. The molecule has 0 spiro atoms. The molecule has 2 aromatic heterocycles. The molecule has 0 aliphatic carbocycles. The number of nitrogens with zero attached hydrogens (tertiary/aromatic N) is 3. The molecule has 5 nitrogen and oxygen atoms in total. The fourth-order valence-corrected chi connectivity index (χ4v) is 2.96. The van der Waals surface area contributed by atoms with E-state index in [1.807, 2.05) is 12.3 Å². The number of aryl methyl sites for hydroxylation is 1. The molecule has 0 saturated carbocycles. The Balaban J connectivity index is 1.50. The third-order valence-corrected chi connectivity index (χ3v) is 4.08. The van der Waals surface area contributed by atoms with Crippen molar-refractivity contribution in [2.75, 3.05) is 26.2 Å². The van der Waals surface area contributed by atoms with Gasteiger partial charge in [0.1, 0.15) is 5.65 Å². The molecule has 1 fully saturated rings. The van der Waals surface area contributed by atoms with Crippen molar-refractivity contribution in [1.82, 2.24) is 19.6 Å². The summed E-state index contributed by atoms with van der Waals surface area (Å²) in [5.74, 6) is 0. The van der Waals surface area contributed by atoms with Gasteiger partial charge < -0.3 is 19.7 Å². The Morgan fingerprint density at radius 3 is 2.95 bits per heavy atom. The standard InChI is InChI=1S/C16H24N4O/c1-13-4-5-16-18-9-14(20(16)11-13)8-17-10-15(21)12-19-6-2-3-7-19/h4-5,9,11,15,17,21H,2-3,6-8,10,12H2,1H3. The van der Waals surface area contributed by atoms with Crippen LogP contribution in [0.5, 0.6) is 0 Å². The van der Waals surface area contributed by atoms with Crippen LogP contribution in [0.4, 0.5) is 0 Å². The minimum absolute atomic E-state index is 0.302. The van der Waals surface area contributed by atoms with Gasteiger partial charge in [0.15, 0.2) is 0 Å². The van der Waals surface area contributed by atoms with E-state index in [0.29, 0.717) is 6.54 Å². The lowest BCUT2D eigenvalue weighted by atomic mass is 10.3. The van der Waals surface area contributed by atoms with Crippen molar-refractivity contribution in [3.63, 3.8) is 0 Å². The zero-order valence-corrected chi connectivity index (χ0v) is 12.6. The lowest BCUT2D eigenvalue weighted by Gasteiger charge is -2.19. The van der Waals surface area contributed by atoms with Gasteiger partial charge in [-0.1, -0.05) is 6.07 Å². The molecular formula is C16H24N4O. The quantitative estimate of drug-likeness (QED) is 0.838. The molecule has 0 amide bonds. The van der Waals surface area contributed by atoms with Gasteiger partial charge >= 0.3 is 0 Å². The summed E-state index contributed by atoms with van der Waals surface area (Å²) in [5.41, 5.74) is 3.31. The number of likely N-dealkylation sites (tertiary alicyclic amines) is 1. The second-order valence-corrected chi connectivity index (χ2v) is 5.98. The summed E-state index contributed by atoms with van der Waals surface area (Å²) in [6.07, 6.45) is 6.22. The van der Waals surface area contributed by atoms with Crippen LogP contribution in [-0.4, -0.2) is 51.7 Å². The second kappa shape index (κ2) is 6.56. The van der Waals surface area contributed by atoms with Crippen molar-refractivity contribution < 1.29 is 5.11 Å². The minimum Gasteiger partial charge on any atom is -0.390 e. The van der Waals surface area contributed by atoms with E-state index >= 15 is 0 Å². The number of aliphatic hydroxyl groups excluding tert-OH is 1. The molecule has 114 valence electrons. The van der Waals surface area contributed by atoms with E-state index in [1.54, 1.807) is 0 Å². The van der Waals surface area contributed by atoms with Crippen molar-refractivity contribution in [2.45, 2.75) is 32.4 Å². The van der Waals surface area contributed by atoms with E-state index in [1.165, 1.54) is 18.4 Å². The van der Waals surface area contributed by atoms with Crippen LogP contribution in [0.1, 0.15) is 24.1 Å². The first-order valence-corrected chi connectivity index (χ1v) is 7.76. The van der Waals surface area contributed by atoms with Crippen molar-refractivity contribution in [3.8, 4) is 0 Å². The largest absolute Gasteiger partial charge is 0.390 e. The van der Waals surface area contributed by atoms with Gasteiger partial charge in [0.2, 0.25) is 0 Å². The Labute approximate surface area is 125 Å². The van der Waals surface area contributed by atoms with Crippen LogP contribution in [0.2, 0.25) is 0 Å². The molecule has 2 aromatic rings. The zero-order valence-electron chi connectivity index (χ0n) is 12.6. The van der Waals surface area contributed by atoms with Gasteiger partial charge in [0.25, 0.3) is 0 Å². The molecule has 1 atom stereocenters. The lowest BCUT2D eigenvalue weighted by Crippen LogP contribution is -2.36. The fourth-order valence-electron chi connectivity index (χ4n) is 2.96. The molecule has 0 radical (unpaired) electrons. The Hall–Kier alpha value is -1.43. The smallest absolute Gasteiger partial charge is 0.136 e. The molecule has 1 saturated heterocycles. The van der Waals surface area contributed by atoms with Gasteiger partial charge in [-0.15, -0.1) is 0 Å². The third-order valence-electron chi connectivity index (χ3n) is 4.08. The number of pyridine rings is 1. The summed E-state index contributed by atoms with van der Waals surface area (Å²) in [6.45, 7) is 6.46. The highest BCUT2D eigenvalue weighted by atomic mass is 16.3. The van der Waals surface area contributed by atoms with Gasteiger partial charge in [-0.2, -0.15) is 0 Å². The number of nitrogens with one attached hydrogen (secondary N) is 1. The molecule has 5 heteroatoms. The molecule has 1 aliphatic heterocycles. The van der Waals surface area contributed by atoms with Crippen LogP contribution < -0.4 is 5.32 Å². The van der Waals surface area contributed by atoms with Crippen molar-refractivity contribution in [2.24, 2.45) is 0 Å². The first-order chi connectivity index (χ1) is 10.2. The molecule has 3 rings (SSSR count). The molecule has 0 aromatic carbocycles. The van der Waals surface area contributed by atoms with Crippen LogP contribution in [-0.2, 0) is 6.54 Å². The van der Waals surface area contributed by atoms with Crippen LogP contribution in [0.15, 0.2) is 24.5 Å². The Morgan fingerprint density at radius 1 is 1.33 bits per heavy atom. The topological polar surface area (TPSA) is 52.8 Å². The minimum atomic E-state index is -0.302. The van der Waals surface area contributed by atoms with Crippen LogP contribution in [0.3, 0.4) is 0 Å². The lowest BCUT2D eigenvalue weighted by molar-refractivity contribution is 0.123. The van der Waals surface area contributed by atoms with E-state index in [-0.39, 0.29) is 6.10 Å². The van der Waals surface area contributed by atoms with Gasteiger partial charge in [-0.3, -0.25) is 0 Å². The number of fused-ring (bicyclic) bond motifs is 1. The average Bonchev–Trinajstić information content (AvgIpc) is 3.09. The highest BCUT2D eigenvalue weighted by molar-refractivity contribution is 5.41. The number of aromatic nitrogens is 2. The maximum atomic E-state index is 10.1. The first kappa shape index (κ1) is 14.5. The molecule has 2 N–H and O–H groups in total. The summed E-state index contributed by atoms with van der Waals surface area (Å²) < 4.78 is 2.11. The molecule has 0 bridgehead atoms. The van der Waals surface area contributed by atoms with E-state index in [9.17, 15) is 5.11 Å². The highest BCUT2D eigenvalue weighted by Crippen LogP contribution is 2.09. The number of hydrogen-bond donors (Lipinski definition) is 2. The van der Waals surface area contributed by atoms with Gasteiger partial charge in [-0.05, 0) is 44.5 Å². The molecule has 21 heavy (non-hydrogen) atoms. The maximum Gasteiger partial charge on any atom is 0.136 e. The Bertz CT molecular complexity index is 589. The second-order valence-electron chi connectivity index (χ2n) is 5.98. The Morgan fingerprint density at radius 2 is 2.14 bits per heavy atom. The first-order valence-electron chi connectivity index (χ1n) is 7.76. The average molecular weight is 288 g/mol. The highest BCUT2D eigenvalue weighted by Gasteiger charge is 2.15. The van der Waals surface area contributed by atoms with Crippen LogP contribution in [0, 0.1) is 6.92 Å². The van der Waals surface area contributed by atoms with Gasteiger partial charge in [0, 0.05) is 25.8 Å². The van der Waals surface area contributed by atoms with E-state index in [0.717, 1.165) is 37.5 Å². The SMILES string of the molecule is Cc1ccc2ncc(CNCC(O)CN3CCCC3)n2c1. The predicted molar refractivity (Wildman–Crippen MR) is 83.3 cm³/mol. The number of imidazole rings is 1. The van der Waals surface area contributed by atoms with Gasteiger partial charge in [-0.25, -0.2) is 4.98 Å². The number of aliphatic hydroxyl groups is 1. The molecule has 1 unspecified atom stereocenters. The molecular weight excluding hydrogens is 264 g/mol. The third kappa shape index (κ3) is 3.61. The van der Waals surface area contributed by atoms with E-state index in [2.05, 4.69) is 38.8 Å². The monoisotopic (exact) mass is 288 g/mol. The van der Waals surface area contributed by atoms with Crippen LogP contribution in [0.25, 0.3) is 5.65 Å². The summed E-state index contributed by atoms with van der Waals surface area (Å²) in [7, 11) is 0. The summed E-state index contributed by atoms with van der Waals surface area (Å²) >= 11 is 0. The number of rotatable bonds is 6. The number of hydrogen-bond acceptors (Lipinski definition) is 4. The predicted octanol–water partition coefficient (Wildman–Crippen LogP) is 1.19. The molecule has 1 aliphatic rings. The van der Waals surface area contributed by atoms with Gasteiger partial charge in [0.05, 0.1) is 18.0 Å². The van der Waals surface area contributed by atoms with Crippen molar-refractivity contribution >= 4 is 5.65 Å². The molecule has 3 heterocycles. The van der Waals surface area contributed by atoms with E-state index < -0.39 is 0 Å². The summed E-state index contributed by atoms with van der Waals surface area (Å²) in [5, 5.41) is 13.4. The van der Waals surface area contributed by atoms with Crippen LogP contribution >= 0.6 is 0 Å². The normalized spacial score (nSPS) is 17.6. The summed E-state index contributed by atoms with van der Waals surface area (Å²) in [6, 6.07) is 4.10. The van der Waals surface area contributed by atoms with Crippen molar-refractivity contribution in [1.29, 1.82) is 0 Å². The maximum absolute atomic E-state index is 10.1. The van der Waals surface area contributed by atoms with Crippen molar-refractivity contribution in [3.05, 3.63) is 35.8 Å². The summed E-state index contributed by atoms with van der Waals surface area (Å²) in [4.78, 5) is 6.73. The van der Waals surface area contributed by atoms with E-state index in [4.69, 9.17) is 0 Å². The fraction of sp³-hybridized carbons (Fsp3) is 0.562.